The van der Waals surface area contributed by atoms with Crippen LogP contribution < -0.4 is 0 Å². The molecule has 0 aromatic carbocycles. The van der Waals surface area contributed by atoms with Crippen LogP contribution in [-0.4, -0.2) is 0 Å². The minimum absolute atomic E-state index is 0.613. The van der Waals surface area contributed by atoms with E-state index in [-0.39, 0.29) is 0 Å². The Morgan fingerprint density at radius 1 is 0.775 bits per heavy atom. The number of hydrogen-bond donors (Lipinski definition) is 0. The van der Waals surface area contributed by atoms with Crippen molar-refractivity contribution in [2.24, 2.45) is 115 Å². The maximum Gasteiger partial charge on any atom is -0.00968 e. The van der Waals surface area contributed by atoms with E-state index >= 15 is 0 Å². The summed E-state index contributed by atoms with van der Waals surface area (Å²) in [6, 6.07) is 0. The fourth-order valence-corrected chi connectivity index (χ4v) is 23.4. The van der Waals surface area contributed by atoms with Gasteiger partial charge in [-0.15, -0.1) is 0 Å². The summed E-state index contributed by atoms with van der Waals surface area (Å²) in [4.78, 5) is 0. The highest BCUT2D eigenvalue weighted by atomic mass is 15.1. The molecule has 0 nitrogen and oxygen atoms in total. The van der Waals surface area contributed by atoms with Gasteiger partial charge in [0.05, 0.1) is 0 Å². The standard InChI is InChI=1S/C40H50/c1-34-18-36-17-30-26(34)11-5-10-25(34)29(36)15-28-24-16-39-37(30,19-38(28,36)39)33-23-9-4-8-22-14-27-20-6-3-7-21(13-12-20)31(23)35(27,2)40(33,39)32(22)24/h6,12-13,21-33H,3-5,7-11,14-19H2,1-2H3. The zero-order chi connectivity index (χ0) is 25.6. The average molecular weight is 531 g/mol. The fourth-order valence-electron chi connectivity index (χ4n) is 23.4. The van der Waals surface area contributed by atoms with Crippen LogP contribution in [0.4, 0.5) is 0 Å². The molecule has 13 saturated carbocycles. The van der Waals surface area contributed by atoms with E-state index in [0.717, 1.165) is 104 Å². The number of fused-ring (bicyclic) bond motifs is 8. The molecule has 20 atom stereocenters. The second-order valence-corrected chi connectivity index (χ2v) is 20.3. The van der Waals surface area contributed by atoms with Gasteiger partial charge in [0, 0.05) is 0 Å². The second kappa shape index (κ2) is 5.35. The third-order valence-electron chi connectivity index (χ3n) is 21.9. The van der Waals surface area contributed by atoms with Crippen LogP contribution in [0.5, 0.6) is 0 Å². The van der Waals surface area contributed by atoms with Gasteiger partial charge in [-0.1, -0.05) is 51.3 Å². The van der Waals surface area contributed by atoms with Crippen LogP contribution in [-0.2, 0) is 0 Å². The van der Waals surface area contributed by atoms with E-state index in [1.165, 1.54) is 18.8 Å². The second-order valence-electron chi connectivity index (χ2n) is 20.3. The quantitative estimate of drug-likeness (QED) is 0.293. The van der Waals surface area contributed by atoms with Crippen LogP contribution in [0, 0.1) is 115 Å². The van der Waals surface area contributed by atoms with Crippen LogP contribution in [0.15, 0.2) is 23.8 Å². The molecule has 0 aliphatic heterocycles. The maximum atomic E-state index is 3.07. The first-order valence-corrected chi connectivity index (χ1v) is 18.9. The Balaban J connectivity index is 1.14. The third-order valence-corrected chi connectivity index (χ3v) is 21.9. The van der Waals surface area contributed by atoms with Gasteiger partial charge in [0.1, 0.15) is 0 Å². The van der Waals surface area contributed by atoms with Gasteiger partial charge in [0.2, 0.25) is 0 Å². The summed E-state index contributed by atoms with van der Waals surface area (Å²) < 4.78 is 0. The highest BCUT2D eigenvalue weighted by Crippen LogP contribution is 3.15. The van der Waals surface area contributed by atoms with E-state index in [2.05, 4.69) is 32.1 Å². The van der Waals surface area contributed by atoms with Crippen molar-refractivity contribution in [1.29, 1.82) is 0 Å². The van der Waals surface area contributed by atoms with Crippen LogP contribution in [0.25, 0.3) is 0 Å². The molecule has 12 bridgehead atoms. The first kappa shape index (κ1) is 21.2. The molecule has 210 valence electrons. The molecule has 15 rings (SSSR count). The van der Waals surface area contributed by atoms with Gasteiger partial charge >= 0.3 is 0 Å². The zero-order valence-corrected chi connectivity index (χ0v) is 25.1. The van der Waals surface area contributed by atoms with Crippen molar-refractivity contribution in [3.8, 4) is 0 Å². The summed E-state index contributed by atoms with van der Waals surface area (Å²) in [6.07, 6.45) is 31.4. The molecule has 15 aliphatic rings. The van der Waals surface area contributed by atoms with Gasteiger partial charge in [-0.3, -0.25) is 0 Å². The predicted molar refractivity (Wildman–Crippen MR) is 156 cm³/mol. The van der Waals surface area contributed by atoms with E-state index in [1.807, 2.05) is 5.57 Å². The molecule has 0 aromatic rings. The molecule has 0 heteroatoms. The predicted octanol–water partition coefficient (Wildman–Crippen LogP) is 9.08. The molecule has 40 heavy (non-hydrogen) atoms. The minimum Gasteiger partial charge on any atom is -0.0810 e. The summed E-state index contributed by atoms with van der Waals surface area (Å²) in [5.74, 6) is 14.2. The van der Waals surface area contributed by atoms with Gasteiger partial charge in [0.25, 0.3) is 0 Å². The Hall–Kier alpha value is -0.520. The van der Waals surface area contributed by atoms with Gasteiger partial charge in [-0.2, -0.15) is 0 Å². The molecule has 0 aromatic heterocycles. The van der Waals surface area contributed by atoms with Gasteiger partial charge in [-0.25, -0.2) is 0 Å². The van der Waals surface area contributed by atoms with E-state index in [9.17, 15) is 0 Å². The number of allylic oxidation sites excluding steroid dienone is 4. The summed E-state index contributed by atoms with van der Waals surface area (Å²) in [7, 11) is 0. The zero-order valence-electron chi connectivity index (χ0n) is 25.1. The minimum atomic E-state index is 0.613. The Morgan fingerprint density at radius 2 is 1.65 bits per heavy atom. The number of hydrogen-bond acceptors (Lipinski definition) is 0. The van der Waals surface area contributed by atoms with Gasteiger partial charge < -0.3 is 0 Å². The molecule has 0 saturated heterocycles. The van der Waals surface area contributed by atoms with Crippen LogP contribution in [0.2, 0.25) is 0 Å². The maximum absolute atomic E-state index is 3.07. The van der Waals surface area contributed by atoms with Crippen molar-refractivity contribution in [3.63, 3.8) is 0 Å². The summed E-state index contributed by atoms with van der Waals surface area (Å²) in [5.41, 5.74) is 7.22. The Bertz CT molecular complexity index is 1450. The Morgan fingerprint density at radius 3 is 2.58 bits per heavy atom. The van der Waals surface area contributed by atoms with Gasteiger partial charge in [0.15, 0.2) is 0 Å². The molecule has 0 amide bonds. The first-order valence-electron chi connectivity index (χ1n) is 18.9. The Labute approximate surface area is 242 Å². The summed E-state index contributed by atoms with van der Waals surface area (Å²) in [5, 5.41) is 0. The lowest BCUT2D eigenvalue weighted by atomic mass is 9.04. The van der Waals surface area contributed by atoms with E-state index in [4.69, 9.17) is 0 Å². The lowest BCUT2D eigenvalue weighted by Crippen LogP contribution is -2.95. The third kappa shape index (κ3) is 1.33. The van der Waals surface area contributed by atoms with Gasteiger partial charge in [-0.05, 0) is 191 Å². The SMILES string of the molecule is CC12CC34CC5C1CCCC2C3CC1C2CC36C5(CC143)C1C3CCCC4CC5C7=CCCC(C=C7)C3C5(C)C16C42. The largest absolute Gasteiger partial charge is 0.0810 e. The van der Waals surface area contributed by atoms with Crippen LogP contribution >= 0.6 is 0 Å². The molecule has 15 aliphatic carbocycles. The monoisotopic (exact) mass is 530 g/mol. The molecular weight excluding hydrogens is 480 g/mol. The molecule has 0 heterocycles. The van der Waals surface area contributed by atoms with Crippen LogP contribution in [0.3, 0.4) is 0 Å². The van der Waals surface area contributed by atoms with Crippen molar-refractivity contribution in [3.05, 3.63) is 23.8 Å². The van der Waals surface area contributed by atoms with E-state index in [1.54, 1.807) is 77.0 Å². The molecular formula is C40H50. The molecule has 0 radical (unpaired) electrons. The van der Waals surface area contributed by atoms with E-state index < -0.39 is 0 Å². The lowest BCUT2D eigenvalue weighted by molar-refractivity contribution is -0.524. The normalized spacial score (nSPS) is 79.3. The lowest BCUT2D eigenvalue weighted by Gasteiger charge is -2.99. The molecule has 20 unspecified atom stereocenters. The van der Waals surface area contributed by atoms with Crippen molar-refractivity contribution < 1.29 is 0 Å². The van der Waals surface area contributed by atoms with Crippen molar-refractivity contribution in [2.45, 2.75) is 104 Å². The highest BCUT2D eigenvalue weighted by molar-refractivity contribution is 5.59. The molecule has 13 fully saturated rings. The van der Waals surface area contributed by atoms with Crippen molar-refractivity contribution >= 4 is 0 Å². The molecule has 0 N–H and O–H groups in total. The smallest absolute Gasteiger partial charge is 0.00968 e. The van der Waals surface area contributed by atoms with Crippen molar-refractivity contribution in [2.75, 3.05) is 0 Å². The van der Waals surface area contributed by atoms with Crippen LogP contribution in [0.1, 0.15) is 104 Å². The topological polar surface area (TPSA) is 0 Å². The number of rotatable bonds is 0. The van der Waals surface area contributed by atoms with E-state index in [0.29, 0.717) is 5.41 Å². The first-order chi connectivity index (χ1) is 19.5. The summed E-state index contributed by atoms with van der Waals surface area (Å²) in [6.45, 7) is 5.99. The Kier molecular flexibility index (Phi) is 2.84. The summed E-state index contributed by atoms with van der Waals surface area (Å²) >= 11 is 0. The molecule has 5 spiro atoms. The van der Waals surface area contributed by atoms with Crippen molar-refractivity contribution in [1.82, 2.24) is 0 Å². The average Bonchev–Trinajstić information content (AvgIpc) is 3.51. The fraction of sp³-hybridized carbons (Fsp3) is 0.900. The highest BCUT2D eigenvalue weighted by Gasteiger charge is 3.11.